The van der Waals surface area contributed by atoms with E-state index in [-0.39, 0.29) is 17.8 Å². The second-order valence-corrected chi connectivity index (χ2v) is 6.33. The van der Waals surface area contributed by atoms with E-state index in [1.165, 1.54) is 10.8 Å². The molecule has 134 valence electrons. The van der Waals surface area contributed by atoms with E-state index in [2.05, 4.69) is 10.4 Å². The molecule has 8 heteroatoms. The van der Waals surface area contributed by atoms with E-state index >= 15 is 0 Å². The average Bonchev–Trinajstić information content (AvgIpc) is 2.99. The van der Waals surface area contributed by atoms with Crippen LogP contribution in [0.25, 0.3) is 5.52 Å². The minimum absolute atomic E-state index is 0.132. The van der Waals surface area contributed by atoms with Crippen LogP contribution >= 0.6 is 0 Å². The van der Waals surface area contributed by atoms with E-state index in [4.69, 9.17) is 0 Å². The van der Waals surface area contributed by atoms with Gasteiger partial charge in [0, 0.05) is 24.0 Å². The number of nitrogens with one attached hydrogen (secondary N) is 1. The van der Waals surface area contributed by atoms with Crippen LogP contribution in [0.4, 0.5) is 14.5 Å². The number of hydrogen-bond acceptors (Lipinski definition) is 3. The number of carbonyl (C=O) groups is 1. The quantitative estimate of drug-likeness (QED) is 0.781. The first kappa shape index (κ1) is 16.4. The molecule has 6 nitrogen and oxygen atoms in total. The number of nitrogens with zero attached hydrogens (tertiary/aromatic N) is 3. The molecule has 4 rings (SSSR count). The Morgan fingerprint density at radius 1 is 1.19 bits per heavy atom. The Morgan fingerprint density at radius 2 is 2.00 bits per heavy atom. The zero-order valence-electron chi connectivity index (χ0n) is 13.8. The summed E-state index contributed by atoms with van der Waals surface area (Å²) in [4.78, 5) is 24.9. The van der Waals surface area contributed by atoms with Crippen LogP contribution in [-0.4, -0.2) is 20.1 Å². The third-order valence-corrected chi connectivity index (χ3v) is 4.55. The first-order valence-corrected chi connectivity index (χ1v) is 8.37. The molecule has 2 heterocycles. The van der Waals surface area contributed by atoms with Gasteiger partial charge in [-0.15, -0.1) is 0 Å². The number of aromatic nitrogens is 3. The maximum absolute atomic E-state index is 13.6. The predicted molar refractivity (Wildman–Crippen MR) is 91.1 cm³/mol. The summed E-state index contributed by atoms with van der Waals surface area (Å²) in [5.74, 6) is -2.17. The lowest BCUT2D eigenvalue weighted by Crippen LogP contribution is -2.28. The molecule has 1 aliphatic rings. The van der Waals surface area contributed by atoms with Crippen LogP contribution in [0.1, 0.15) is 24.1 Å². The SMILES string of the molecule is O=C(Cn1ccn2nc3c(c2c1=O)CCCC3)Nc1ccc(F)cc1F. The van der Waals surface area contributed by atoms with Gasteiger partial charge in [-0.1, -0.05) is 0 Å². The van der Waals surface area contributed by atoms with Crippen molar-refractivity contribution in [3.05, 3.63) is 63.8 Å². The van der Waals surface area contributed by atoms with E-state index in [1.807, 2.05) is 0 Å². The smallest absolute Gasteiger partial charge is 0.277 e. The topological polar surface area (TPSA) is 68.4 Å². The summed E-state index contributed by atoms with van der Waals surface area (Å²) in [6, 6.07) is 2.88. The number of aryl methyl sites for hydroxylation is 2. The molecule has 1 amide bonds. The molecule has 1 aromatic carbocycles. The largest absolute Gasteiger partial charge is 0.322 e. The summed E-state index contributed by atoms with van der Waals surface area (Å²) in [6.07, 6.45) is 6.82. The lowest BCUT2D eigenvalue weighted by Gasteiger charge is -2.10. The van der Waals surface area contributed by atoms with Gasteiger partial charge in [-0.2, -0.15) is 5.10 Å². The van der Waals surface area contributed by atoms with Crippen LogP contribution in [0.2, 0.25) is 0 Å². The second kappa shape index (κ2) is 6.36. The van der Waals surface area contributed by atoms with Crippen LogP contribution in [0.5, 0.6) is 0 Å². The van der Waals surface area contributed by atoms with Crippen LogP contribution in [-0.2, 0) is 24.2 Å². The Kier molecular flexibility index (Phi) is 4.02. The molecule has 1 aliphatic carbocycles. The van der Waals surface area contributed by atoms with Crippen LogP contribution in [0, 0.1) is 11.6 Å². The fourth-order valence-electron chi connectivity index (χ4n) is 3.32. The van der Waals surface area contributed by atoms with Gasteiger partial charge in [0.1, 0.15) is 23.7 Å². The van der Waals surface area contributed by atoms with Gasteiger partial charge in [0.25, 0.3) is 5.56 Å². The molecule has 0 bridgehead atoms. The van der Waals surface area contributed by atoms with Gasteiger partial charge in [0.15, 0.2) is 0 Å². The Labute approximate surface area is 147 Å². The normalized spacial score (nSPS) is 13.6. The molecule has 26 heavy (non-hydrogen) atoms. The first-order valence-electron chi connectivity index (χ1n) is 8.37. The van der Waals surface area contributed by atoms with Crippen LogP contribution < -0.4 is 10.9 Å². The third kappa shape index (κ3) is 2.87. The molecule has 0 aliphatic heterocycles. The van der Waals surface area contributed by atoms with Gasteiger partial charge >= 0.3 is 0 Å². The highest BCUT2D eigenvalue weighted by Gasteiger charge is 2.20. The molecule has 0 radical (unpaired) electrons. The van der Waals surface area contributed by atoms with Crippen molar-refractivity contribution < 1.29 is 13.6 Å². The lowest BCUT2D eigenvalue weighted by molar-refractivity contribution is -0.116. The van der Waals surface area contributed by atoms with Crippen LogP contribution in [0.15, 0.2) is 35.4 Å². The summed E-state index contributed by atoms with van der Waals surface area (Å²) in [5.41, 5.74) is 1.93. The molecule has 0 saturated carbocycles. The van der Waals surface area contributed by atoms with E-state index in [9.17, 15) is 18.4 Å². The highest BCUT2D eigenvalue weighted by atomic mass is 19.1. The summed E-state index contributed by atoms with van der Waals surface area (Å²) in [7, 11) is 0. The number of amides is 1. The lowest BCUT2D eigenvalue weighted by atomic mass is 9.97. The third-order valence-electron chi connectivity index (χ3n) is 4.55. The second-order valence-electron chi connectivity index (χ2n) is 6.33. The zero-order valence-corrected chi connectivity index (χ0v) is 13.8. The van der Waals surface area contributed by atoms with Gasteiger partial charge in [-0.3, -0.25) is 9.59 Å². The molecule has 2 aromatic heterocycles. The highest BCUT2D eigenvalue weighted by molar-refractivity contribution is 5.90. The molecular formula is C18H16F2N4O2. The van der Waals surface area contributed by atoms with E-state index in [0.717, 1.165) is 49.1 Å². The molecule has 0 saturated heterocycles. The van der Waals surface area contributed by atoms with Gasteiger partial charge in [0.05, 0.1) is 11.4 Å². The molecule has 1 N–H and O–H groups in total. The summed E-state index contributed by atoms with van der Waals surface area (Å²) in [5, 5.41) is 6.79. The summed E-state index contributed by atoms with van der Waals surface area (Å²) < 4.78 is 29.4. The zero-order chi connectivity index (χ0) is 18.3. The van der Waals surface area contributed by atoms with E-state index < -0.39 is 17.5 Å². The Morgan fingerprint density at radius 3 is 2.81 bits per heavy atom. The molecule has 3 aromatic rings. The van der Waals surface area contributed by atoms with Crippen LogP contribution in [0.3, 0.4) is 0 Å². The fourth-order valence-corrected chi connectivity index (χ4v) is 3.32. The predicted octanol–water partition coefficient (Wildman–Crippen LogP) is 2.29. The standard InChI is InChI=1S/C18H16F2N4O2/c19-11-5-6-15(13(20)9-11)21-16(25)10-23-7-8-24-17(18(23)26)12-3-1-2-4-14(12)22-24/h5-9H,1-4,10H2,(H,21,25). The van der Waals surface area contributed by atoms with Crippen molar-refractivity contribution in [3.63, 3.8) is 0 Å². The van der Waals surface area contributed by atoms with Crippen molar-refractivity contribution in [2.75, 3.05) is 5.32 Å². The Hall–Kier alpha value is -3.03. The van der Waals surface area contributed by atoms with Gasteiger partial charge in [-0.05, 0) is 37.8 Å². The number of anilines is 1. The molecule has 0 fully saturated rings. The number of halogens is 2. The number of hydrogen-bond donors (Lipinski definition) is 1. The first-order chi connectivity index (χ1) is 12.5. The number of carbonyl (C=O) groups excluding carboxylic acids is 1. The highest BCUT2D eigenvalue weighted by Crippen LogP contribution is 2.22. The minimum Gasteiger partial charge on any atom is -0.322 e. The summed E-state index contributed by atoms with van der Waals surface area (Å²) >= 11 is 0. The summed E-state index contributed by atoms with van der Waals surface area (Å²) in [6.45, 7) is -0.272. The number of rotatable bonds is 3. The Balaban J connectivity index is 1.61. The maximum atomic E-state index is 13.6. The van der Waals surface area contributed by atoms with Crippen molar-refractivity contribution in [2.45, 2.75) is 32.2 Å². The van der Waals surface area contributed by atoms with E-state index in [0.29, 0.717) is 11.6 Å². The maximum Gasteiger partial charge on any atom is 0.277 e. The monoisotopic (exact) mass is 358 g/mol. The molecule has 0 spiro atoms. The number of fused-ring (bicyclic) bond motifs is 3. The van der Waals surface area contributed by atoms with Gasteiger partial charge < -0.3 is 9.88 Å². The average molecular weight is 358 g/mol. The van der Waals surface area contributed by atoms with Gasteiger partial charge in [-0.25, -0.2) is 13.3 Å². The molecule has 0 unspecified atom stereocenters. The van der Waals surface area contributed by atoms with Crippen molar-refractivity contribution >= 4 is 17.1 Å². The van der Waals surface area contributed by atoms with Crippen molar-refractivity contribution in [2.24, 2.45) is 0 Å². The van der Waals surface area contributed by atoms with E-state index in [1.54, 1.807) is 10.7 Å². The number of benzene rings is 1. The van der Waals surface area contributed by atoms with Gasteiger partial charge in [0.2, 0.25) is 5.91 Å². The van der Waals surface area contributed by atoms with Crippen molar-refractivity contribution in [1.82, 2.24) is 14.2 Å². The molecular weight excluding hydrogens is 342 g/mol. The fraction of sp³-hybridized carbons (Fsp3) is 0.278. The van der Waals surface area contributed by atoms with Crippen molar-refractivity contribution in [1.29, 1.82) is 0 Å². The minimum atomic E-state index is -0.869. The molecule has 0 atom stereocenters. The van der Waals surface area contributed by atoms with Crippen molar-refractivity contribution in [3.8, 4) is 0 Å². The Bertz CT molecular complexity index is 1070.